The van der Waals surface area contributed by atoms with Gasteiger partial charge in [-0.05, 0) is 50.8 Å². The van der Waals surface area contributed by atoms with E-state index in [1.807, 2.05) is 6.92 Å². The van der Waals surface area contributed by atoms with Crippen LogP contribution in [0.5, 0.6) is 0 Å². The van der Waals surface area contributed by atoms with Crippen LogP contribution in [0.1, 0.15) is 43.0 Å². The van der Waals surface area contributed by atoms with Crippen molar-refractivity contribution >= 4 is 17.4 Å². The molecular formula is C14H16ClFO2. The Hall–Kier alpha value is -0.930. The van der Waals surface area contributed by atoms with Crippen molar-refractivity contribution < 1.29 is 13.9 Å². The maximum Gasteiger partial charge on any atom is 0.196 e. The molecule has 1 fully saturated rings. The van der Waals surface area contributed by atoms with Crippen LogP contribution >= 0.6 is 11.6 Å². The van der Waals surface area contributed by atoms with E-state index in [-0.39, 0.29) is 16.4 Å². The van der Waals surface area contributed by atoms with Gasteiger partial charge in [-0.25, -0.2) is 4.39 Å². The molecule has 0 atom stereocenters. The van der Waals surface area contributed by atoms with Gasteiger partial charge in [0.05, 0.1) is 5.02 Å². The van der Waals surface area contributed by atoms with Gasteiger partial charge in [-0.2, -0.15) is 0 Å². The Labute approximate surface area is 111 Å². The number of hydrogen-bond acceptors (Lipinski definition) is 2. The first kappa shape index (κ1) is 13.5. The van der Waals surface area contributed by atoms with E-state index >= 15 is 0 Å². The standard InChI is InChI=1S/C14H16ClFO2/c1-2-18-14(7-3-4-8-14)13(17)11-9-10(16)5-6-12(11)15/h5-6,9H,2-4,7-8H2,1H3. The molecule has 1 aliphatic carbocycles. The molecule has 0 saturated heterocycles. The molecule has 0 amide bonds. The van der Waals surface area contributed by atoms with Crippen molar-refractivity contribution in [2.24, 2.45) is 0 Å². The van der Waals surface area contributed by atoms with Crippen LogP contribution in [0.25, 0.3) is 0 Å². The lowest BCUT2D eigenvalue weighted by Gasteiger charge is -2.27. The molecule has 1 aliphatic rings. The SMILES string of the molecule is CCOC1(C(=O)c2cc(F)ccc2Cl)CCCC1. The summed E-state index contributed by atoms with van der Waals surface area (Å²) in [7, 11) is 0. The van der Waals surface area contributed by atoms with Gasteiger partial charge in [0.25, 0.3) is 0 Å². The lowest BCUT2D eigenvalue weighted by Crippen LogP contribution is -2.39. The van der Waals surface area contributed by atoms with Gasteiger partial charge < -0.3 is 4.74 Å². The molecule has 0 aromatic heterocycles. The number of ketones is 1. The van der Waals surface area contributed by atoms with Crippen molar-refractivity contribution in [3.63, 3.8) is 0 Å². The minimum Gasteiger partial charge on any atom is -0.367 e. The normalized spacial score (nSPS) is 17.9. The Morgan fingerprint density at radius 2 is 2.11 bits per heavy atom. The van der Waals surface area contributed by atoms with Crippen molar-refractivity contribution in [2.75, 3.05) is 6.61 Å². The summed E-state index contributed by atoms with van der Waals surface area (Å²) in [5.41, 5.74) is -0.571. The third-order valence-corrected chi connectivity index (χ3v) is 3.75. The van der Waals surface area contributed by atoms with Crippen LogP contribution in [-0.2, 0) is 4.74 Å². The largest absolute Gasteiger partial charge is 0.367 e. The second kappa shape index (κ2) is 5.37. The fourth-order valence-corrected chi connectivity index (χ4v) is 2.78. The Kier molecular flexibility index (Phi) is 4.03. The Bertz CT molecular complexity index is 453. The molecule has 0 radical (unpaired) electrons. The molecule has 4 heteroatoms. The molecule has 1 aromatic carbocycles. The van der Waals surface area contributed by atoms with Gasteiger partial charge in [0.2, 0.25) is 0 Å². The molecule has 98 valence electrons. The maximum atomic E-state index is 13.3. The summed E-state index contributed by atoms with van der Waals surface area (Å²) in [5.74, 6) is -0.640. The van der Waals surface area contributed by atoms with E-state index in [1.54, 1.807) is 0 Å². The van der Waals surface area contributed by atoms with E-state index in [9.17, 15) is 9.18 Å². The van der Waals surface area contributed by atoms with E-state index in [0.717, 1.165) is 12.8 Å². The van der Waals surface area contributed by atoms with Gasteiger partial charge >= 0.3 is 0 Å². The summed E-state index contributed by atoms with van der Waals surface area (Å²) in [6.45, 7) is 2.33. The van der Waals surface area contributed by atoms with Crippen molar-refractivity contribution in [1.82, 2.24) is 0 Å². The number of hydrogen-bond donors (Lipinski definition) is 0. The Balaban J connectivity index is 2.36. The zero-order chi connectivity index (χ0) is 13.2. The monoisotopic (exact) mass is 270 g/mol. The second-order valence-corrected chi connectivity index (χ2v) is 4.99. The highest BCUT2D eigenvalue weighted by atomic mass is 35.5. The first-order valence-corrected chi connectivity index (χ1v) is 6.61. The summed E-state index contributed by atoms with van der Waals surface area (Å²) < 4.78 is 18.9. The molecule has 0 heterocycles. The lowest BCUT2D eigenvalue weighted by atomic mass is 9.91. The molecule has 18 heavy (non-hydrogen) atoms. The second-order valence-electron chi connectivity index (χ2n) is 4.59. The minimum atomic E-state index is -0.799. The highest BCUT2D eigenvalue weighted by Gasteiger charge is 2.42. The molecule has 2 nitrogen and oxygen atoms in total. The Morgan fingerprint density at radius 1 is 1.44 bits per heavy atom. The number of carbonyl (C=O) groups excluding carboxylic acids is 1. The quantitative estimate of drug-likeness (QED) is 0.773. The summed E-state index contributed by atoms with van der Waals surface area (Å²) in [5, 5.41) is 0.285. The third-order valence-electron chi connectivity index (χ3n) is 3.42. The van der Waals surface area contributed by atoms with Gasteiger partial charge in [0, 0.05) is 12.2 Å². The summed E-state index contributed by atoms with van der Waals surface area (Å²) in [6.07, 6.45) is 3.29. The smallest absolute Gasteiger partial charge is 0.196 e. The van der Waals surface area contributed by atoms with Crippen molar-refractivity contribution in [2.45, 2.75) is 38.2 Å². The highest BCUT2D eigenvalue weighted by molar-refractivity contribution is 6.34. The van der Waals surface area contributed by atoms with Crippen LogP contribution in [0.4, 0.5) is 4.39 Å². The van der Waals surface area contributed by atoms with E-state index < -0.39 is 11.4 Å². The number of ether oxygens (including phenoxy) is 1. The van der Waals surface area contributed by atoms with Crippen LogP contribution < -0.4 is 0 Å². The van der Waals surface area contributed by atoms with Crippen LogP contribution in [-0.4, -0.2) is 18.0 Å². The summed E-state index contributed by atoms with van der Waals surface area (Å²) >= 11 is 5.99. The Morgan fingerprint density at radius 3 is 2.72 bits per heavy atom. The molecule has 0 unspecified atom stereocenters. The fraction of sp³-hybridized carbons (Fsp3) is 0.500. The summed E-state index contributed by atoms with van der Waals surface area (Å²) in [6, 6.07) is 3.86. The van der Waals surface area contributed by atoms with E-state index in [0.29, 0.717) is 19.4 Å². The maximum absolute atomic E-state index is 13.3. The molecule has 0 N–H and O–H groups in total. The van der Waals surface area contributed by atoms with Gasteiger partial charge in [-0.3, -0.25) is 4.79 Å². The van der Waals surface area contributed by atoms with Crippen molar-refractivity contribution in [3.8, 4) is 0 Å². The number of halogens is 2. The van der Waals surface area contributed by atoms with E-state index in [1.165, 1.54) is 18.2 Å². The molecule has 1 saturated carbocycles. The van der Waals surface area contributed by atoms with Crippen LogP contribution in [0.2, 0.25) is 5.02 Å². The number of rotatable bonds is 4. The topological polar surface area (TPSA) is 26.3 Å². The van der Waals surface area contributed by atoms with Crippen molar-refractivity contribution in [3.05, 3.63) is 34.6 Å². The summed E-state index contributed by atoms with van der Waals surface area (Å²) in [4.78, 5) is 12.6. The molecule has 0 aliphatic heterocycles. The minimum absolute atomic E-state index is 0.189. The van der Waals surface area contributed by atoms with Crippen LogP contribution in [0.15, 0.2) is 18.2 Å². The average Bonchev–Trinajstić information content (AvgIpc) is 2.82. The fourth-order valence-electron chi connectivity index (χ4n) is 2.58. The predicted molar refractivity (Wildman–Crippen MR) is 68.6 cm³/mol. The van der Waals surface area contributed by atoms with Crippen molar-refractivity contribution in [1.29, 1.82) is 0 Å². The van der Waals surface area contributed by atoms with E-state index in [2.05, 4.69) is 0 Å². The molecule has 2 rings (SSSR count). The number of Topliss-reactive ketones (excluding diaryl/α,β-unsaturated/α-hetero) is 1. The number of carbonyl (C=O) groups is 1. The van der Waals surface area contributed by atoms with Crippen LogP contribution in [0.3, 0.4) is 0 Å². The molecule has 0 bridgehead atoms. The van der Waals surface area contributed by atoms with Gasteiger partial charge in [0.1, 0.15) is 11.4 Å². The first-order chi connectivity index (χ1) is 8.59. The van der Waals surface area contributed by atoms with Crippen LogP contribution in [0, 0.1) is 5.82 Å². The zero-order valence-electron chi connectivity index (χ0n) is 10.3. The van der Waals surface area contributed by atoms with Gasteiger partial charge in [0.15, 0.2) is 5.78 Å². The molecule has 1 aromatic rings. The molecular weight excluding hydrogens is 255 g/mol. The van der Waals surface area contributed by atoms with Gasteiger partial charge in [-0.1, -0.05) is 11.6 Å². The number of benzene rings is 1. The lowest BCUT2D eigenvalue weighted by molar-refractivity contribution is -0.0163. The van der Waals surface area contributed by atoms with E-state index in [4.69, 9.17) is 16.3 Å². The highest BCUT2D eigenvalue weighted by Crippen LogP contribution is 2.37. The third kappa shape index (κ3) is 2.43. The first-order valence-electron chi connectivity index (χ1n) is 6.23. The zero-order valence-corrected chi connectivity index (χ0v) is 11.1. The predicted octanol–water partition coefficient (Wildman–Crippen LogP) is 4.01. The average molecular weight is 271 g/mol. The van der Waals surface area contributed by atoms with Gasteiger partial charge in [-0.15, -0.1) is 0 Å². The molecule has 0 spiro atoms.